The number of rotatable bonds is 8. The first-order valence-corrected chi connectivity index (χ1v) is 10.7. The second-order valence-electron chi connectivity index (χ2n) is 8.24. The van der Waals surface area contributed by atoms with Gasteiger partial charge in [-0.15, -0.1) is 10.2 Å². The van der Waals surface area contributed by atoms with Crippen molar-refractivity contribution < 1.29 is 36.3 Å². The predicted octanol–water partition coefficient (Wildman–Crippen LogP) is 4.91. The van der Waals surface area contributed by atoms with Gasteiger partial charge in [-0.1, -0.05) is 18.2 Å². The average Bonchev–Trinajstić information content (AvgIpc) is 3.35. The molecule has 1 unspecified atom stereocenters. The van der Waals surface area contributed by atoms with Crippen molar-refractivity contribution in [3.05, 3.63) is 59.5 Å². The van der Waals surface area contributed by atoms with E-state index in [1.165, 1.54) is 56.3 Å². The molecule has 2 aromatic carbocycles. The van der Waals surface area contributed by atoms with Gasteiger partial charge in [0.1, 0.15) is 11.7 Å². The summed E-state index contributed by atoms with van der Waals surface area (Å²) in [5.41, 5.74) is 0.439. The fourth-order valence-corrected chi connectivity index (χ4v) is 3.80. The minimum absolute atomic E-state index is 0.00105. The Balaban J connectivity index is 1.60. The molecule has 3 aromatic rings. The predicted molar refractivity (Wildman–Crippen MR) is 120 cm³/mol. The molecule has 0 saturated heterocycles. The number of aromatic nitrogens is 2. The summed E-state index contributed by atoms with van der Waals surface area (Å²) in [6.45, 7) is 0.637. The zero-order valence-corrected chi connectivity index (χ0v) is 19.3. The van der Waals surface area contributed by atoms with Crippen LogP contribution in [0.3, 0.4) is 0 Å². The number of Topliss-reactive ketones (excluding diaryl/α,β-unsaturated/α-hetero) is 1. The number of nitrogens with zero attached hydrogens (tertiary/aromatic N) is 4. The number of hydrazone groups is 1. The second kappa shape index (κ2) is 9.51. The van der Waals surface area contributed by atoms with Crippen molar-refractivity contribution in [1.82, 2.24) is 10.2 Å². The van der Waals surface area contributed by atoms with E-state index >= 15 is 0 Å². The average molecular weight is 504 g/mol. The number of alkyl halides is 4. The third-order valence-corrected chi connectivity index (χ3v) is 5.45. The molecule has 1 aliphatic rings. The summed E-state index contributed by atoms with van der Waals surface area (Å²) in [6.07, 6.45) is -0.255. The quantitative estimate of drug-likeness (QED) is 0.320. The molecule has 0 spiro atoms. The van der Waals surface area contributed by atoms with Crippen molar-refractivity contribution in [3.8, 4) is 17.2 Å². The molecule has 1 amide bonds. The molecule has 0 bridgehead atoms. The number of halogens is 4. The molecule has 1 aromatic heterocycles. The van der Waals surface area contributed by atoms with Crippen LogP contribution in [-0.4, -0.2) is 34.2 Å². The Morgan fingerprint density at radius 2 is 1.92 bits per heavy atom. The lowest BCUT2D eigenvalue weighted by Crippen LogP contribution is -2.33. The van der Waals surface area contributed by atoms with Crippen molar-refractivity contribution in [2.45, 2.75) is 39.7 Å². The van der Waals surface area contributed by atoms with Crippen molar-refractivity contribution >= 4 is 23.1 Å². The van der Waals surface area contributed by atoms with Crippen LogP contribution in [0, 0.1) is 12.8 Å². The molecule has 0 fully saturated rings. The Hall–Kier alpha value is -4.09. The van der Waals surface area contributed by atoms with Gasteiger partial charge in [-0.25, -0.2) is 8.78 Å². The lowest BCUT2D eigenvalue weighted by molar-refractivity contribution is -0.128. The number of hydrogen-bond donors (Lipinski definition) is 0. The number of carbonyl (C=O) groups is 2. The van der Waals surface area contributed by atoms with Crippen molar-refractivity contribution in [1.29, 1.82) is 0 Å². The standard InChI is InChI=1S/C24H20F4N4O4/c1-12-20(18(33)10-14-5-4-6-15(9-14)24(3,27)28)22(34)32(31-12)16-7-8-19(36-23(25)26)17(11-16)21-30-29-13(2)35-21/h4-9,11,20,23H,10H2,1-3H3. The highest BCUT2D eigenvalue weighted by atomic mass is 19.3. The van der Waals surface area contributed by atoms with E-state index in [0.29, 0.717) is 5.56 Å². The summed E-state index contributed by atoms with van der Waals surface area (Å²) in [4.78, 5) is 26.1. The highest BCUT2D eigenvalue weighted by Crippen LogP contribution is 2.36. The van der Waals surface area contributed by atoms with Crippen LogP contribution in [0.15, 0.2) is 52.0 Å². The SMILES string of the molecule is CC1=NN(c2ccc(OC(F)F)c(-c3nnc(C)o3)c2)C(=O)C1C(=O)Cc1cccc(C(C)(F)F)c1. The van der Waals surface area contributed by atoms with Crippen LogP contribution in [0.2, 0.25) is 0 Å². The number of ketones is 1. The number of ether oxygens (including phenoxy) is 1. The van der Waals surface area contributed by atoms with Crippen LogP contribution in [0.25, 0.3) is 11.5 Å². The van der Waals surface area contributed by atoms with Crippen LogP contribution in [-0.2, 0) is 21.9 Å². The number of carbonyl (C=O) groups excluding carboxylic acids is 2. The van der Waals surface area contributed by atoms with Crippen LogP contribution >= 0.6 is 0 Å². The van der Waals surface area contributed by atoms with E-state index in [-0.39, 0.29) is 46.5 Å². The van der Waals surface area contributed by atoms with Crippen LogP contribution in [0.5, 0.6) is 5.75 Å². The van der Waals surface area contributed by atoms with Gasteiger partial charge in [0.2, 0.25) is 5.89 Å². The van der Waals surface area contributed by atoms with Gasteiger partial charge in [0, 0.05) is 25.8 Å². The minimum atomic E-state index is -3.12. The maximum absolute atomic E-state index is 13.7. The van der Waals surface area contributed by atoms with Gasteiger partial charge in [0.15, 0.2) is 5.78 Å². The van der Waals surface area contributed by atoms with Crippen LogP contribution in [0.1, 0.15) is 30.9 Å². The highest BCUT2D eigenvalue weighted by Gasteiger charge is 2.40. The minimum Gasteiger partial charge on any atom is -0.434 e. The van der Waals surface area contributed by atoms with Gasteiger partial charge in [0.25, 0.3) is 17.7 Å². The molecule has 188 valence electrons. The van der Waals surface area contributed by atoms with Crippen molar-refractivity contribution in [2.24, 2.45) is 11.0 Å². The third kappa shape index (κ3) is 5.11. The molecule has 4 rings (SSSR count). The third-order valence-electron chi connectivity index (χ3n) is 5.45. The Morgan fingerprint density at radius 3 is 2.56 bits per heavy atom. The topological polar surface area (TPSA) is 97.9 Å². The van der Waals surface area contributed by atoms with Gasteiger partial charge >= 0.3 is 6.61 Å². The van der Waals surface area contributed by atoms with Gasteiger partial charge in [-0.2, -0.15) is 18.9 Å². The second-order valence-corrected chi connectivity index (χ2v) is 8.24. The molecule has 1 atom stereocenters. The lowest BCUT2D eigenvalue weighted by Gasteiger charge is -2.16. The summed E-state index contributed by atoms with van der Waals surface area (Å²) in [7, 11) is 0. The molecule has 2 heterocycles. The fraction of sp³-hybridized carbons (Fsp3) is 0.292. The first kappa shape index (κ1) is 25.0. The first-order valence-electron chi connectivity index (χ1n) is 10.7. The molecule has 0 radical (unpaired) electrons. The molecule has 0 aliphatic carbocycles. The van der Waals surface area contributed by atoms with E-state index in [4.69, 9.17) is 4.42 Å². The number of anilines is 1. The van der Waals surface area contributed by atoms with E-state index in [1.807, 2.05) is 0 Å². The molecular weight excluding hydrogens is 484 g/mol. The summed E-state index contributed by atoms with van der Waals surface area (Å²) < 4.78 is 63.0. The van der Waals surface area contributed by atoms with Gasteiger partial charge in [-0.3, -0.25) is 9.59 Å². The number of amides is 1. The van der Waals surface area contributed by atoms with Gasteiger partial charge < -0.3 is 9.15 Å². The summed E-state index contributed by atoms with van der Waals surface area (Å²) in [5, 5.41) is 12.6. The smallest absolute Gasteiger partial charge is 0.387 e. The van der Waals surface area contributed by atoms with E-state index in [9.17, 15) is 27.2 Å². The van der Waals surface area contributed by atoms with E-state index in [0.717, 1.165) is 11.9 Å². The number of benzene rings is 2. The van der Waals surface area contributed by atoms with Crippen molar-refractivity contribution in [2.75, 3.05) is 5.01 Å². The summed E-state index contributed by atoms with van der Waals surface area (Å²) in [6, 6.07) is 9.24. The maximum Gasteiger partial charge on any atom is 0.387 e. The van der Waals surface area contributed by atoms with Crippen LogP contribution < -0.4 is 9.75 Å². The molecule has 1 aliphatic heterocycles. The zero-order chi connectivity index (χ0) is 26.2. The normalized spacial score (nSPS) is 16.0. The van der Waals surface area contributed by atoms with E-state index in [2.05, 4.69) is 20.0 Å². The number of aryl methyl sites for hydroxylation is 1. The molecule has 0 N–H and O–H groups in total. The van der Waals surface area contributed by atoms with Gasteiger partial charge in [0.05, 0.1) is 17.0 Å². The zero-order valence-electron chi connectivity index (χ0n) is 19.3. The van der Waals surface area contributed by atoms with E-state index in [1.54, 1.807) is 0 Å². The number of hydrogen-bond acceptors (Lipinski definition) is 7. The highest BCUT2D eigenvalue weighted by molar-refractivity contribution is 6.27. The Bertz CT molecular complexity index is 1350. The summed E-state index contributed by atoms with van der Waals surface area (Å²) >= 11 is 0. The Morgan fingerprint density at radius 1 is 1.17 bits per heavy atom. The fourth-order valence-electron chi connectivity index (χ4n) is 3.80. The Kier molecular flexibility index (Phi) is 6.61. The molecule has 36 heavy (non-hydrogen) atoms. The molecule has 8 nitrogen and oxygen atoms in total. The molecule has 12 heteroatoms. The Labute approximate surface area is 202 Å². The van der Waals surface area contributed by atoms with E-state index < -0.39 is 30.1 Å². The molecular formula is C24H20F4N4O4. The van der Waals surface area contributed by atoms with Gasteiger partial charge in [-0.05, 0) is 36.8 Å². The van der Waals surface area contributed by atoms with Crippen molar-refractivity contribution in [3.63, 3.8) is 0 Å². The first-order chi connectivity index (χ1) is 16.9. The summed E-state index contributed by atoms with van der Waals surface area (Å²) in [5.74, 6) is -5.70. The lowest BCUT2D eigenvalue weighted by atomic mass is 9.93. The maximum atomic E-state index is 13.7. The largest absolute Gasteiger partial charge is 0.434 e. The monoisotopic (exact) mass is 504 g/mol. The molecule has 0 saturated carbocycles. The van der Waals surface area contributed by atoms with Crippen LogP contribution in [0.4, 0.5) is 23.2 Å².